The van der Waals surface area contributed by atoms with Gasteiger partial charge in [0.2, 0.25) is 5.91 Å². The van der Waals surface area contributed by atoms with E-state index in [4.69, 9.17) is 0 Å². The number of amides is 2. The van der Waals surface area contributed by atoms with Crippen LogP contribution in [0.5, 0.6) is 0 Å². The van der Waals surface area contributed by atoms with Crippen molar-refractivity contribution in [1.82, 2.24) is 10.6 Å². The maximum Gasteiger partial charge on any atom is 0.261 e. The van der Waals surface area contributed by atoms with Gasteiger partial charge in [0.05, 0.1) is 11.4 Å². The molecule has 0 atom stereocenters. The Labute approximate surface area is 162 Å². The van der Waals surface area contributed by atoms with Gasteiger partial charge in [0.25, 0.3) is 5.91 Å². The summed E-state index contributed by atoms with van der Waals surface area (Å²) in [6.45, 7) is 0.435. The van der Waals surface area contributed by atoms with Crippen LogP contribution in [0.3, 0.4) is 0 Å². The van der Waals surface area contributed by atoms with Crippen molar-refractivity contribution in [3.05, 3.63) is 82.2 Å². The molecule has 0 spiro atoms. The van der Waals surface area contributed by atoms with Crippen LogP contribution in [0.15, 0.2) is 60.7 Å². The number of hydrogen-bond acceptors (Lipinski definition) is 3. The number of rotatable bonds is 5. The normalized spacial score (nSPS) is 12.0. The molecule has 1 heterocycles. The summed E-state index contributed by atoms with van der Waals surface area (Å²) in [5, 5.41) is 5.55. The van der Waals surface area contributed by atoms with Gasteiger partial charge in [-0.3, -0.25) is 9.59 Å². The Balaban J connectivity index is 1.36. The van der Waals surface area contributed by atoms with E-state index in [9.17, 15) is 9.59 Å². The monoisotopic (exact) mass is 376 g/mol. The summed E-state index contributed by atoms with van der Waals surface area (Å²) in [5.74, 6) is -0.388. The molecule has 0 aliphatic heterocycles. The molecule has 1 aromatic heterocycles. The number of thiophene rings is 1. The second-order valence-electron chi connectivity index (χ2n) is 6.57. The largest absolute Gasteiger partial charge is 0.350 e. The third-order valence-corrected chi connectivity index (χ3v) is 5.91. The lowest BCUT2D eigenvalue weighted by Gasteiger charge is -2.15. The summed E-state index contributed by atoms with van der Waals surface area (Å²) < 4.78 is 0. The molecule has 3 aromatic rings. The summed E-state index contributed by atoms with van der Waals surface area (Å²) in [6.07, 6.45) is 1.95. The highest BCUT2D eigenvalue weighted by atomic mass is 32.1. The van der Waals surface area contributed by atoms with Crippen LogP contribution >= 0.6 is 11.3 Å². The molecule has 2 amide bonds. The van der Waals surface area contributed by atoms with Crippen LogP contribution in [0.25, 0.3) is 10.4 Å². The van der Waals surface area contributed by atoms with E-state index in [0.717, 1.165) is 18.4 Å². The summed E-state index contributed by atoms with van der Waals surface area (Å²) in [5.41, 5.74) is 4.81. The van der Waals surface area contributed by atoms with Gasteiger partial charge in [0.1, 0.15) is 0 Å². The standard InChI is InChI=1S/C22H20N2O2S/c25-20(23-13-15-6-2-1-3-7-15)14-24-22(26)19-12-17-11-10-16-8-4-5-9-18(16)21(17)27-19/h1-9,12H,10-11,13-14H2,(H,23,25)(H,24,26). The number of benzene rings is 2. The van der Waals surface area contributed by atoms with Crippen LogP contribution in [0.1, 0.15) is 26.4 Å². The topological polar surface area (TPSA) is 58.2 Å². The van der Waals surface area contributed by atoms with Crippen LogP contribution in [-0.2, 0) is 24.2 Å². The van der Waals surface area contributed by atoms with Gasteiger partial charge in [-0.25, -0.2) is 0 Å². The molecule has 1 aliphatic rings. The quantitative estimate of drug-likeness (QED) is 0.715. The molecule has 1 aliphatic carbocycles. The minimum atomic E-state index is -0.195. The van der Waals surface area contributed by atoms with E-state index < -0.39 is 0 Å². The summed E-state index contributed by atoms with van der Waals surface area (Å²) >= 11 is 1.50. The van der Waals surface area contributed by atoms with E-state index in [-0.39, 0.29) is 18.4 Å². The number of carbonyl (C=O) groups excluding carboxylic acids is 2. The van der Waals surface area contributed by atoms with Gasteiger partial charge in [-0.2, -0.15) is 0 Å². The zero-order chi connectivity index (χ0) is 18.6. The first kappa shape index (κ1) is 17.5. The van der Waals surface area contributed by atoms with Gasteiger partial charge >= 0.3 is 0 Å². The fraction of sp³-hybridized carbons (Fsp3) is 0.182. The van der Waals surface area contributed by atoms with E-state index in [1.165, 1.54) is 32.9 Å². The van der Waals surface area contributed by atoms with Crippen LogP contribution in [0.2, 0.25) is 0 Å². The van der Waals surface area contributed by atoms with Crippen molar-refractivity contribution in [3.63, 3.8) is 0 Å². The Morgan fingerprint density at radius 2 is 1.63 bits per heavy atom. The van der Waals surface area contributed by atoms with E-state index in [1.807, 2.05) is 42.5 Å². The van der Waals surface area contributed by atoms with Crippen LogP contribution in [-0.4, -0.2) is 18.4 Å². The first-order valence-corrected chi connectivity index (χ1v) is 9.82. The molecule has 4 nitrogen and oxygen atoms in total. The van der Waals surface area contributed by atoms with Crippen molar-refractivity contribution in [3.8, 4) is 10.4 Å². The highest BCUT2D eigenvalue weighted by Gasteiger charge is 2.21. The van der Waals surface area contributed by atoms with Crippen molar-refractivity contribution < 1.29 is 9.59 Å². The van der Waals surface area contributed by atoms with Crippen molar-refractivity contribution in [2.75, 3.05) is 6.54 Å². The van der Waals surface area contributed by atoms with Crippen LogP contribution in [0.4, 0.5) is 0 Å². The third kappa shape index (κ3) is 3.93. The van der Waals surface area contributed by atoms with Crippen molar-refractivity contribution >= 4 is 23.2 Å². The Bertz CT molecular complexity index is 979. The molecule has 0 unspecified atom stereocenters. The van der Waals surface area contributed by atoms with Gasteiger partial charge in [-0.05, 0) is 41.2 Å². The smallest absolute Gasteiger partial charge is 0.261 e. The molecule has 0 radical (unpaired) electrons. The van der Waals surface area contributed by atoms with Gasteiger partial charge < -0.3 is 10.6 Å². The molecular formula is C22H20N2O2S. The molecule has 2 N–H and O–H groups in total. The van der Waals surface area contributed by atoms with E-state index in [2.05, 4.69) is 28.8 Å². The first-order chi connectivity index (χ1) is 13.2. The lowest BCUT2D eigenvalue weighted by atomic mass is 9.91. The zero-order valence-electron chi connectivity index (χ0n) is 14.8. The Morgan fingerprint density at radius 3 is 2.48 bits per heavy atom. The maximum absolute atomic E-state index is 12.5. The van der Waals surface area contributed by atoms with Gasteiger partial charge in [0.15, 0.2) is 0 Å². The van der Waals surface area contributed by atoms with E-state index in [0.29, 0.717) is 11.4 Å². The number of hydrogen-bond donors (Lipinski definition) is 2. The molecule has 0 saturated carbocycles. The number of aryl methyl sites for hydroxylation is 2. The predicted octanol–water partition coefficient (Wildman–Crippen LogP) is 3.56. The molecule has 4 rings (SSSR count). The van der Waals surface area contributed by atoms with Gasteiger partial charge in [0, 0.05) is 11.4 Å². The molecule has 27 heavy (non-hydrogen) atoms. The molecule has 0 saturated heterocycles. The molecule has 5 heteroatoms. The van der Waals surface area contributed by atoms with Gasteiger partial charge in [-0.1, -0.05) is 54.6 Å². The highest BCUT2D eigenvalue weighted by Crippen LogP contribution is 2.39. The van der Waals surface area contributed by atoms with Crippen LogP contribution in [0, 0.1) is 0 Å². The summed E-state index contributed by atoms with van der Waals surface area (Å²) in [6, 6.07) is 20.0. The minimum absolute atomic E-state index is 0.0230. The SMILES string of the molecule is O=C(CNC(=O)c1cc2c(s1)-c1ccccc1CC2)NCc1ccccc1. The fourth-order valence-corrected chi connectivity index (χ4v) is 4.48. The van der Waals surface area contributed by atoms with Crippen molar-refractivity contribution in [2.24, 2.45) is 0 Å². The zero-order valence-corrected chi connectivity index (χ0v) is 15.6. The predicted molar refractivity (Wildman–Crippen MR) is 108 cm³/mol. The van der Waals surface area contributed by atoms with Gasteiger partial charge in [-0.15, -0.1) is 11.3 Å². The van der Waals surface area contributed by atoms with Crippen molar-refractivity contribution in [2.45, 2.75) is 19.4 Å². The number of nitrogens with one attached hydrogen (secondary N) is 2. The highest BCUT2D eigenvalue weighted by molar-refractivity contribution is 7.17. The number of carbonyl (C=O) groups is 2. The van der Waals surface area contributed by atoms with E-state index in [1.54, 1.807) is 0 Å². The molecule has 136 valence electrons. The molecule has 0 fully saturated rings. The Hall–Kier alpha value is -2.92. The lowest BCUT2D eigenvalue weighted by Crippen LogP contribution is -2.36. The molecular weight excluding hydrogens is 356 g/mol. The van der Waals surface area contributed by atoms with E-state index >= 15 is 0 Å². The minimum Gasteiger partial charge on any atom is -0.350 e. The van der Waals surface area contributed by atoms with Crippen LogP contribution < -0.4 is 10.6 Å². The fourth-order valence-electron chi connectivity index (χ4n) is 3.29. The first-order valence-electron chi connectivity index (χ1n) is 9.00. The maximum atomic E-state index is 12.5. The average molecular weight is 376 g/mol. The Morgan fingerprint density at radius 1 is 0.889 bits per heavy atom. The average Bonchev–Trinajstić information content (AvgIpc) is 3.16. The summed E-state index contributed by atoms with van der Waals surface area (Å²) in [7, 11) is 0. The van der Waals surface area contributed by atoms with Crippen molar-refractivity contribution in [1.29, 1.82) is 0 Å². The Kier molecular flexibility index (Phi) is 5.03. The molecule has 2 aromatic carbocycles. The molecule has 0 bridgehead atoms. The summed E-state index contributed by atoms with van der Waals surface area (Å²) in [4.78, 5) is 26.3. The lowest BCUT2D eigenvalue weighted by molar-refractivity contribution is -0.120. The number of fused-ring (bicyclic) bond motifs is 3. The second kappa shape index (κ2) is 7.76. The second-order valence-corrected chi connectivity index (χ2v) is 7.62. The third-order valence-electron chi connectivity index (χ3n) is 4.70.